The number of carbonyl (C=O) groups excluding carboxylic acids is 2. The predicted octanol–water partition coefficient (Wildman–Crippen LogP) is 3.60. The molecule has 0 amide bonds. The number of benzene rings is 1. The van der Waals surface area contributed by atoms with Crippen molar-refractivity contribution < 1.29 is 19.1 Å². The first-order valence-electron chi connectivity index (χ1n) is 7.00. The number of ether oxygens (including phenoxy) is 2. The first-order chi connectivity index (χ1) is 9.49. The van der Waals surface area contributed by atoms with Gasteiger partial charge in [-0.1, -0.05) is 26.0 Å². The number of hydrogen-bond donors (Lipinski definition) is 0. The molecular weight excluding hydrogens is 256 g/mol. The maximum absolute atomic E-state index is 12.1. The highest BCUT2D eigenvalue weighted by Crippen LogP contribution is 2.15. The topological polar surface area (TPSA) is 52.6 Å². The summed E-state index contributed by atoms with van der Waals surface area (Å²) in [5.74, 6) is -0.980. The van der Waals surface area contributed by atoms with E-state index in [1.807, 2.05) is 27.7 Å². The zero-order valence-corrected chi connectivity index (χ0v) is 12.5. The van der Waals surface area contributed by atoms with Gasteiger partial charge in [0.2, 0.25) is 0 Å². The first kappa shape index (κ1) is 16.2. The molecule has 0 aliphatic heterocycles. The Morgan fingerprint density at radius 1 is 0.900 bits per heavy atom. The van der Waals surface area contributed by atoms with Crippen LogP contribution in [0.15, 0.2) is 24.3 Å². The van der Waals surface area contributed by atoms with Crippen LogP contribution in [0.25, 0.3) is 0 Å². The first-order valence-corrected chi connectivity index (χ1v) is 7.00. The number of esters is 2. The van der Waals surface area contributed by atoms with Crippen molar-refractivity contribution in [1.82, 2.24) is 0 Å². The van der Waals surface area contributed by atoms with E-state index in [1.165, 1.54) is 0 Å². The van der Waals surface area contributed by atoms with Crippen LogP contribution in [0, 0.1) is 0 Å². The summed E-state index contributed by atoms with van der Waals surface area (Å²) >= 11 is 0. The Morgan fingerprint density at radius 2 is 1.25 bits per heavy atom. The molecule has 0 radical (unpaired) electrons. The third kappa shape index (κ3) is 4.37. The Balaban J connectivity index is 2.93. The van der Waals surface area contributed by atoms with Crippen LogP contribution in [0.5, 0.6) is 0 Å². The van der Waals surface area contributed by atoms with Gasteiger partial charge in [0.05, 0.1) is 23.3 Å². The zero-order chi connectivity index (χ0) is 15.1. The van der Waals surface area contributed by atoms with E-state index in [0.29, 0.717) is 0 Å². The Hall–Kier alpha value is -1.84. The summed E-state index contributed by atoms with van der Waals surface area (Å²) in [6.45, 7) is 7.50. The van der Waals surface area contributed by atoms with Gasteiger partial charge < -0.3 is 9.47 Å². The van der Waals surface area contributed by atoms with Crippen LogP contribution < -0.4 is 0 Å². The second-order valence-corrected chi connectivity index (χ2v) is 4.79. The van der Waals surface area contributed by atoms with E-state index in [-0.39, 0.29) is 23.3 Å². The van der Waals surface area contributed by atoms with E-state index in [9.17, 15) is 9.59 Å². The highest BCUT2D eigenvalue weighted by Gasteiger charge is 2.21. The van der Waals surface area contributed by atoms with Gasteiger partial charge in [-0.3, -0.25) is 0 Å². The molecule has 0 aliphatic carbocycles. The Bertz CT molecular complexity index is 424. The number of rotatable bonds is 6. The highest BCUT2D eigenvalue weighted by molar-refractivity contribution is 6.03. The largest absolute Gasteiger partial charge is 0.459 e. The molecule has 4 heteroatoms. The maximum Gasteiger partial charge on any atom is 0.339 e. The van der Waals surface area contributed by atoms with Crippen LogP contribution in [0.4, 0.5) is 0 Å². The number of hydrogen-bond acceptors (Lipinski definition) is 4. The van der Waals surface area contributed by atoms with E-state index in [1.54, 1.807) is 24.3 Å². The molecule has 1 aromatic rings. The lowest BCUT2D eigenvalue weighted by Crippen LogP contribution is -2.20. The minimum absolute atomic E-state index is 0.179. The van der Waals surface area contributed by atoms with Crippen molar-refractivity contribution in [2.45, 2.75) is 52.7 Å². The van der Waals surface area contributed by atoms with E-state index < -0.39 is 11.9 Å². The quantitative estimate of drug-likeness (QED) is 0.746. The van der Waals surface area contributed by atoms with Crippen molar-refractivity contribution >= 4 is 11.9 Å². The van der Waals surface area contributed by atoms with E-state index >= 15 is 0 Å². The summed E-state index contributed by atoms with van der Waals surface area (Å²) < 4.78 is 10.5. The minimum Gasteiger partial charge on any atom is -0.459 e. The van der Waals surface area contributed by atoms with Crippen LogP contribution in [0.1, 0.15) is 61.3 Å². The van der Waals surface area contributed by atoms with Crippen LogP contribution >= 0.6 is 0 Å². The van der Waals surface area contributed by atoms with Crippen LogP contribution in [-0.4, -0.2) is 24.1 Å². The van der Waals surface area contributed by atoms with Gasteiger partial charge in [0.25, 0.3) is 0 Å². The van der Waals surface area contributed by atoms with Crippen molar-refractivity contribution in [1.29, 1.82) is 0 Å². The molecule has 0 saturated heterocycles. The fourth-order valence-electron chi connectivity index (χ4n) is 1.50. The highest BCUT2D eigenvalue weighted by atomic mass is 16.5. The molecule has 0 unspecified atom stereocenters. The molecule has 0 aromatic heterocycles. The molecule has 110 valence electrons. The lowest BCUT2D eigenvalue weighted by Gasteiger charge is -2.15. The molecule has 0 aliphatic rings. The molecule has 20 heavy (non-hydrogen) atoms. The van der Waals surface area contributed by atoms with Crippen molar-refractivity contribution in [3.63, 3.8) is 0 Å². The van der Waals surface area contributed by atoms with E-state index in [2.05, 4.69) is 0 Å². The number of carbonyl (C=O) groups is 2. The Labute approximate surface area is 120 Å². The molecule has 2 atom stereocenters. The lowest BCUT2D eigenvalue weighted by atomic mass is 10.1. The summed E-state index contributed by atoms with van der Waals surface area (Å²) in [7, 11) is 0. The van der Waals surface area contributed by atoms with Gasteiger partial charge in [0.15, 0.2) is 0 Å². The van der Waals surface area contributed by atoms with Crippen molar-refractivity contribution in [2.75, 3.05) is 0 Å². The Kier molecular flexibility index (Phi) is 6.22. The average Bonchev–Trinajstić information content (AvgIpc) is 2.46. The normalized spacial score (nSPS) is 13.4. The zero-order valence-electron chi connectivity index (χ0n) is 12.5. The molecule has 0 spiro atoms. The maximum atomic E-state index is 12.1. The summed E-state index contributed by atoms with van der Waals surface area (Å²) in [6.07, 6.45) is 1.10. The molecule has 0 N–H and O–H groups in total. The van der Waals surface area contributed by atoms with E-state index in [0.717, 1.165) is 12.8 Å². The third-order valence-corrected chi connectivity index (χ3v) is 3.13. The summed E-state index contributed by atoms with van der Waals surface area (Å²) in [4.78, 5) is 24.1. The molecule has 1 aromatic carbocycles. The monoisotopic (exact) mass is 278 g/mol. The molecular formula is C16H22O4. The van der Waals surface area contributed by atoms with Gasteiger partial charge >= 0.3 is 11.9 Å². The molecule has 0 saturated carbocycles. The molecule has 0 bridgehead atoms. The van der Waals surface area contributed by atoms with Gasteiger partial charge in [0, 0.05) is 0 Å². The van der Waals surface area contributed by atoms with Gasteiger partial charge in [-0.25, -0.2) is 9.59 Å². The van der Waals surface area contributed by atoms with E-state index in [4.69, 9.17) is 9.47 Å². The second kappa shape index (κ2) is 7.68. The SMILES string of the molecule is CC[C@@H](C)OC(=O)c1ccccc1C(=O)O[C@H](C)CC. The smallest absolute Gasteiger partial charge is 0.339 e. The standard InChI is InChI=1S/C16H22O4/c1-5-11(3)19-15(17)13-9-7-8-10-14(13)16(18)20-12(4)6-2/h7-12H,5-6H2,1-4H3/t11-,12-/m1/s1. The summed E-state index contributed by atoms with van der Waals surface area (Å²) in [5, 5.41) is 0. The molecule has 4 nitrogen and oxygen atoms in total. The minimum atomic E-state index is -0.490. The van der Waals surface area contributed by atoms with Gasteiger partial charge in [-0.15, -0.1) is 0 Å². The fraction of sp³-hybridized carbons (Fsp3) is 0.500. The Morgan fingerprint density at radius 3 is 1.55 bits per heavy atom. The van der Waals surface area contributed by atoms with Gasteiger partial charge in [-0.2, -0.15) is 0 Å². The fourth-order valence-corrected chi connectivity index (χ4v) is 1.50. The van der Waals surface area contributed by atoms with Crippen molar-refractivity contribution in [3.05, 3.63) is 35.4 Å². The van der Waals surface area contributed by atoms with Crippen LogP contribution in [0.2, 0.25) is 0 Å². The second-order valence-electron chi connectivity index (χ2n) is 4.79. The molecule has 0 fully saturated rings. The van der Waals surface area contributed by atoms with Crippen molar-refractivity contribution in [2.24, 2.45) is 0 Å². The van der Waals surface area contributed by atoms with Crippen LogP contribution in [-0.2, 0) is 9.47 Å². The third-order valence-electron chi connectivity index (χ3n) is 3.13. The summed E-state index contributed by atoms with van der Waals surface area (Å²) in [5.41, 5.74) is 0.502. The summed E-state index contributed by atoms with van der Waals surface area (Å²) in [6, 6.07) is 6.57. The predicted molar refractivity (Wildman–Crippen MR) is 76.8 cm³/mol. The van der Waals surface area contributed by atoms with Crippen LogP contribution in [0.3, 0.4) is 0 Å². The van der Waals surface area contributed by atoms with Gasteiger partial charge in [-0.05, 0) is 38.8 Å². The lowest BCUT2D eigenvalue weighted by molar-refractivity contribution is 0.0285. The van der Waals surface area contributed by atoms with Gasteiger partial charge in [0.1, 0.15) is 0 Å². The average molecular weight is 278 g/mol. The molecule has 1 rings (SSSR count). The van der Waals surface area contributed by atoms with Crippen molar-refractivity contribution in [3.8, 4) is 0 Å². The molecule has 0 heterocycles.